The van der Waals surface area contributed by atoms with Gasteiger partial charge in [0.05, 0.1) is 4.90 Å². The quantitative estimate of drug-likeness (QED) is 0.585. The van der Waals surface area contributed by atoms with Gasteiger partial charge in [-0.15, -0.1) is 0 Å². The van der Waals surface area contributed by atoms with E-state index in [1.807, 2.05) is 18.1 Å². The lowest BCUT2D eigenvalue weighted by molar-refractivity contribution is -0.132. The highest BCUT2D eigenvalue weighted by Crippen LogP contribution is 2.25. The van der Waals surface area contributed by atoms with E-state index < -0.39 is 16.1 Å². The molecule has 1 aromatic rings. The minimum Gasteiger partial charge on any atom is -0.340 e. The lowest BCUT2D eigenvalue weighted by Gasteiger charge is -2.29. The third-order valence-electron chi connectivity index (χ3n) is 6.68. The number of rotatable bonds is 9. The van der Waals surface area contributed by atoms with Gasteiger partial charge in [0.25, 0.3) is 0 Å². The highest BCUT2D eigenvalue weighted by molar-refractivity contribution is 7.98. The topological polar surface area (TPSA) is 69.7 Å². The Balaban J connectivity index is 1.62. The molecule has 2 fully saturated rings. The number of carbonyl (C=O) groups is 1. The van der Waals surface area contributed by atoms with E-state index in [1.165, 1.54) is 32.1 Å². The molecule has 0 unspecified atom stereocenters. The van der Waals surface area contributed by atoms with Crippen LogP contribution in [0, 0.1) is 12.8 Å². The number of nitrogens with one attached hydrogen (secondary N) is 1. The third-order valence-corrected chi connectivity index (χ3v) is 8.81. The molecule has 0 aromatic heterocycles. The molecule has 2 aliphatic rings. The van der Waals surface area contributed by atoms with Crippen LogP contribution in [0.25, 0.3) is 0 Å². The van der Waals surface area contributed by atoms with E-state index in [9.17, 15) is 13.2 Å². The molecule has 1 N–H and O–H groups in total. The SMILES string of the molecule is CSCC[C@H](NS(=O)(=O)c1ccc(C)cc1)C(=O)N1CCCN(CC2CCCCC2)CC1. The molecular formula is C24H39N3O3S2. The standard InChI is InChI=1S/C24H39N3O3S2/c1-20-9-11-22(12-10-20)32(29,30)25-23(13-18-31-2)24(28)27-15-6-14-26(16-17-27)19-21-7-4-3-5-8-21/h9-12,21,23,25H,3-8,13-19H2,1-2H3/t23-/m0/s1. The zero-order valence-electron chi connectivity index (χ0n) is 19.6. The van der Waals surface area contributed by atoms with Crippen molar-refractivity contribution in [3.8, 4) is 0 Å². The van der Waals surface area contributed by atoms with Crippen LogP contribution >= 0.6 is 11.8 Å². The zero-order chi connectivity index (χ0) is 23.0. The van der Waals surface area contributed by atoms with Crippen LogP contribution in [0.1, 0.15) is 50.5 Å². The van der Waals surface area contributed by atoms with Crippen LogP contribution in [-0.2, 0) is 14.8 Å². The van der Waals surface area contributed by atoms with Gasteiger partial charge >= 0.3 is 0 Å². The average molecular weight is 482 g/mol. The Bertz CT molecular complexity index is 823. The summed E-state index contributed by atoms with van der Waals surface area (Å²) in [5.41, 5.74) is 1.00. The third kappa shape index (κ3) is 7.47. The second kappa shape index (κ2) is 12.4. The Morgan fingerprint density at radius 1 is 1.06 bits per heavy atom. The zero-order valence-corrected chi connectivity index (χ0v) is 21.2. The Morgan fingerprint density at radius 3 is 2.47 bits per heavy atom. The fourth-order valence-electron chi connectivity index (χ4n) is 4.77. The lowest BCUT2D eigenvalue weighted by Crippen LogP contribution is -2.49. The van der Waals surface area contributed by atoms with Gasteiger partial charge in [0.2, 0.25) is 15.9 Å². The lowest BCUT2D eigenvalue weighted by atomic mass is 9.89. The number of thioether (sulfide) groups is 1. The first-order valence-electron chi connectivity index (χ1n) is 12.0. The summed E-state index contributed by atoms with van der Waals surface area (Å²) in [4.78, 5) is 18.0. The normalized spacial score (nSPS) is 20.1. The predicted molar refractivity (Wildman–Crippen MR) is 132 cm³/mol. The molecule has 32 heavy (non-hydrogen) atoms. The van der Waals surface area contributed by atoms with Crippen molar-refractivity contribution in [2.24, 2.45) is 5.92 Å². The summed E-state index contributed by atoms with van der Waals surface area (Å²) in [6.07, 6.45) is 10.1. The van der Waals surface area contributed by atoms with Gasteiger partial charge in [0.1, 0.15) is 6.04 Å². The molecule has 0 bridgehead atoms. The van der Waals surface area contributed by atoms with Gasteiger partial charge in [-0.05, 0) is 69.2 Å². The minimum absolute atomic E-state index is 0.0887. The molecule has 0 spiro atoms. The Morgan fingerprint density at radius 2 is 1.78 bits per heavy atom. The van der Waals surface area contributed by atoms with Crippen LogP contribution in [-0.4, -0.2) is 74.9 Å². The number of hydrogen-bond donors (Lipinski definition) is 1. The number of benzene rings is 1. The highest BCUT2D eigenvalue weighted by atomic mass is 32.2. The number of hydrogen-bond acceptors (Lipinski definition) is 5. The van der Waals surface area contributed by atoms with Crippen molar-refractivity contribution >= 4 is 27.7 Å². The Kier molecular flexibility index (Phi) is 9.89. The smallest absolute Gasteiger partial charge is 0.241 e. The van der Waals surface area contributed by atoms with E-state index in [0.29, 0.717) is 19.5 Å². The second-order valence-corrected chi connectivity index (χ2v) is 12.0. The van der Waals surface area contributed by atoms with Gasteiger partial charge in [-0.25, -0.2) is 8.42 Å². The summed E-state index contributed by atoms with van der Waals surface area (Å²) < 4.78 is 28.6. The molecular weight excluding hydrogens is 442 g/mol. The van der Waals surface area contributed by atoms with Gasteiger partial charge in [-0.2, -0.15) is 16.5 Å². The largest absolute Gasteiger partial charge is 0.340 e. The van der Waals surface area contributed by atoms with E-state index in [1.54, 1.807) is 36.0 Å². The van der Waals surface area contributed by atoms with Gasteiger partial charge in [-0.3, -0.25) is 4.79 Å². The predicted octanol–water partition coefficient (Wildman–Crippen LogP) is 3.51. The molecule has 1 aromatic carbocycles. The highest BCUT2D eigenvalue weighted by Gasteiger charge is 2.30. The molecule has 1 saturated heterocycles. The van der Waals surface area contributed by atoms with Crippen LogP contribution in [0.4, 0.5) is 0 Å². The Hall–Kier alpha value is -1.09. The number of nitrogens with zero attached hydrogens (tertiary/aromatic N) is 2. The van der Waals surface area contributed by atoms with Crippen molar-refractivity contribution in [1.29, 1.82) is 0 Å². The van der Waals surface area contributed by atoms with Crippen molar-refractivity contribution in [2.75, 3.05) is 44.7 Å². The number of carbonyl (C=O) groups excluding carboxylic acids is 1. The van der Waals surface area contributed by atoms with Gasteiger partial charge in [0, 0.05) is 26.2 Å². The summed E-state index contributed by atoms with van der Waals surface area (Å²) in [7, 11) is -3.75. The van der Waals surface area contributed by atoms with Crippen LogP contribution in [0.3, 0.4) is 0 Å². The van der Waals surface area contributed by atoms with Crippen molar-refractivity contribution in [1.82, 2.24) is 14.5 Å². The maximum Gasteiger partial charge on any atom is 0.241 e. The van der Waals surface area contributed by atoms with Crippen molar-refractivity contribution < 1.29 is 13.2 Å². The first-order valence-corrected chi connectivity index (χ1v) is 14.9. The molecule has 1 heterocycles. The number of aryl methyl sites for hydroxylation is 1. The van der Waals surface area contributed by atoms with Crippen molar-refractivity contribution in [3.63, 3.8) is 0 Å². The maximum atomic E-state index is 13.4. The van der Waals surface area contributed by atoms with Crippen LogP contribution in [0.2, 0.25) is 0 Å². The Labute approximate surface area is 198 Å². The van der Waals surface area contributed by atoms with Crippen molar-refractivity contribution in [3.05, 3.63) is 29.8 Å². The first kappa shape index (κ1) is 25.5. The second-order valence-electron chi connectivity index (χ2n) is 9.25. The van der Waals surface area contributed by atoms with E-state index in [2.05, 4.69) is 9.62 Å². The van der Waals surface area contributed by atoms with E-state index in [0.717, 1.165) is 43.3 Å². The van der Waals surface area contributed by atoms with Gasteiger partial charge < -0.3 is 9.80 Å². The van der Waals surface area contributed by atoms with Crippen LogP contribution in [0.5, 0.6) is 0 Å². The van der Waals surface area contributed by atoms with E-state index in [4.69, 9.17) is 0 Å². The van der Waals surface area contributed by atoms with Crippen LogP contribution in [0.15, 0.2) is 29.2 Å². The molecule has 1 aliphatic carbocycles. The minimum atomic E-state index is -3.75. The molecule has 180 valence electrons. The van der Waals surface area contributed by atoms with Gasteiger partial charge in [-0.1, -0.05) is 37.0 Å². The molecule has 6 nitrogen and oxygen atoms in total. The molecule has 1 aliphatic heterocycles. The summed E-state index contributed by atoms with van der Waals surface area (Å²) in [5, 5.41) is 0. The van der Waals surface area contributed by atoms with E-state index >= 15 is 0 Å². The first-order chi connectivity index (χ1) is 15.4. The molecule has 1 atom stereocenters. The molecule has 0 radical (unpaired) electrons. The monoisotopic (exact) mass is 481 g/mol. The summed E-state index contributed by atoms with van der Waals surface area (Å²) >= 11 is 1.63. The maximum absolute atomic E-state index is 13.4. The van der Waals surface area contributed by atoms with E-state index in [-0.39, 0.29) is 10.8 Å². The number of sulfonamides is 1. The fraction of sp³-hybridized carbons (Fsp3) is 0.708. The summed E-state index contributed by atoms with van der Waals surface area (Å²) in [6.45, 7) is 6.33. The average Bonchev–Trinajstić information content (AvgIpc) is 3.02. The molecule has 1 amide bonds. The molecule has 1 saturated carbocycles. The van der Waals surface area contributed by atoms with Crippen LogP contribution < -0.4 is 4.72 Å². The summed E-state index contributed by atoms with van der Waals surface area (Å²) in [5.74, 6) is 1.44. The van der Waals surface area contributed by atoms with Gasteiger partial charge in [0.15, 0.2) is 0 Å². The fourth-order valence-corrected chi connectivity index (χ4v) is 6.47. The summed E-state index contributed by atoms with van der Waals surface area (Å²) in [6, 6.07) is 6.04. The molecule has 8 heteroatoms. The molecule has 3 rings (SSSR count). The number of amides is 1. The van der Waals surface area contributed by atoms with Crippen molar-refractivity contribution in [2.45, 2.75) is 62.8 Å².